The second-order valence-corrected chi connectivity index (χ2v) is 4.57. The maximum absolute atomic E-state index is 8.74. The number of imidazole rings is 1. The molecule has 0 amide bonds. The fraction of sp³-hybridized carbons (Fsp3) is 0.615. The van der Waals surface area contributed by atoms with Gasteiger partial charge in [0.1, 0.15) is 0 Å². The molecule has 0 atom stereocenters. The third kappa shape index (κ3) is 3.36. The molecule has 0 bridgehead atoms. The van der Waals surface area contributed by atoms with E-state index in [0.717, 1.165) is 32.2 Å². The molecule has 20 heavy (non-hydrogen) atoms. The lowest BCUT2D eigenvalue weighted by atomic mass is 10.2. The minimum absolute atomic E-state index is 0.197. The smallest absolute Gasteiger partial charge is 0.247 e. The highest BCUT2D eigenvalue weighted by Crippen LogP contribution is 2.22. The molecule has 2 heterocycles. The number of fused-ring (bicyclic) bond motifs is 1. The Kier molecular flexibility index (Phi) is 5.11. The Morgan fingerprint density at radius 2 is 2.05 bits per heavy atom. The summed E-state index contributed by atoms with van der Waals surface area (Å²) in [6.45, 7) is 3.49. The standard InChI is InChI=1S/C13H21N5O2/c1-2-20-12-10-11(16-13(14)17-12)18(9-15-10)7-5-3-4-6-8-19/h9,19H,2-8H2,1H3,(H2,14,16,17). The van der Waals surface area contributed by atoms with Crippen LogP contribution >= 0.6 is 0 Å². The molecule has 2 aromatic rings. The molecule has 0 radical (unpaired) electrons. The predicted molar refractivity (Wildman–Crippen MR) is 76.5 cm³/mol. The number of anilines is 1. The Morgan fingerprint density at radius 3 is 2.80 bits per heavy atom. The minimum atomic E-state index is 0.197. The van der Waals surface area contributed by atoms with E-state index in [0.29, 0.717) is 23.7 Å². The van der Waals surface area contributed by atoms with E-state index in [9.17, 15) is 0 Å². The molecule has 0 unspecified atom stereocenters. The van der Waals surface area contributed by atoms with Gasteiger partial charge in [-0.05, 0) is 19.8 Å². The third-order valence-corrected chi connectivity index (χ3v) is 3.04. The van der Waals surface area contributed by atoms with Gasteiger partial charge in [-0.2, -0.15) is 9.97 Å². The summed E-state index contributed by atoms with van der Waals surface area (Å²) < 4.78 is 7.40. The summed E-state index contributed by atoms with van der Waals surface area (Å²) in [7, 11) is 0. The number of nitrogens with two attached hydrogens (primary N) is 1. The number of hydrogen-bond donors (Lipinski definition) is 2. The third-order valence-electron chi connectivity index (χ3n) is 3.04. The summed E-state index contributed by atoms with van der Waals surface area (Å²) in [6.07, 6.45) is 5.71. The van der Waals surface area contributed by atoms with Gasteiger partial charge in [0.05, 0.1) is 12.9 Å². The second kappa shape index (κ2) is 7.04. The van der Waals surface area contributed by atoms with Crippen LogP contribution in [0, 0.1) is 0 Å². The van der Waals surface area contributed by atoms with Gasteiger partial charge in [-0.1, -0.05) is 12.8 Å². The Hall–Kier alpha value is -1.89. The highest BCUT2D eigenvalue weighted by Gasteiger charge is 2.12. The zero-order valence-electron chi connectivity index (χ0n) is 11.7. The molecule has 2 rings (SSSR count). The van der Waals surface area contributed by atoms with E-state index >= 15 is 0 Å². The van der Waals surface area contributed by atoms with E-state index < -0.39 is 0 Å². The first-order chi connectivity index (χ1) is 9.76. The van der Waals surface area contributed by atoms with Gasteiger partial charge in [-0.25, -0.2) is 4.98 Å². The van der Waals surface area contributed by atoms with Gasteiger partial charge in [-0.15, -0.1) is 0 Å². The zero-order chi connectivity index (χ0) is 14.4. The van der Waals surface area contributed by atoms with E-state index in [1.807, 2.05) is 11.5 Å². The largest absolute Gasteiger partial charge is 0.476 e. The quantitative estimate of drug-likeness (QED) is 0.708. The molecule has 0 saturated heterocycles. The number of nitrogen functional groups attached to an aromatic ring is 1. The molecule has 0 spiro atoms. The van der Waals surface area contributed by atoms with Crippen molar-refractivity contribution in [1.29, 1.82) is 0 Å². The molecule has 2 aromatic heterocycles. The van der Waals surface area contributed by atoms with Crippen molar-refractivity contribution in [3.05, 3.63) is 6.33 Å². The maximum Gasteiger partial charge on any atom is 0.247 e. The van der Waals surface area contributed by atoms with Gasteiger partial charge in [-0.3, -0.25) is 0 Å². The van der Waals surface area contributed by atoms with E-state index in [-0.39, 0.29) is 12.6 Å². The van der Waals surface area contributed by atoms with Crippen LogP contribution in [0.4, 0.5) is 5.95 Å². The van der Waals surface area contributed by atoms with Crippen molar-refractivity contribution in [1.82, 2.24) is 19.5 Å². The Labute approximate surface area is 117 Å². The molecular formula is C13H21N5O2. The fourth-order valence-electron chi connectivity index (χ4n) is 2.08. The summed E-state index contributed by atoms with van der Waals surface area (Å²) >= 11 is 0. The lowest BCUT2D eigenvalue weighted by Crippen LogP contribution is -2.04. The summed E-state index contributed by atoms with van der Waals surface area (Å²) in [6, 6.07) is 0. The Bertz CT molecular complexity index is 555. The maximum atomic E-state index is 8.74. The number of aliphatic hydroxyl groups excluding tert-OH is 1. The van der Waals surface area contributed by atoms with Crippen molar-refractivity contribution in [3.63, 3.8) is 0 Å². The number of aliphatic hydroxyl groups is 1. The molecule has 0 aliphatic carbocycles. The topological polar surface area (TPSA) is 99.1 Å². The number of rotatable bonds is 8. The number of ether oxygens (including phenoxy) is 1. The van der Waals surface area contributed by atoms with Crippen LogP contribution in [0.5, 0.6) is 5.88 Å². The summed E-state index contributed by atoms with van der Waals surface area (Å²) in [5, 5.41) is 8.74. The summed E-state index contributed by atoms with van der Waals surface area (Å²) in [5.74, 6) is 0.636. The van der Waals surface area contributed by atoms with Gasteiger partial charge in [0.15, 0.2) is 11.2 Å². The number of aromatic nitrogens is 4. The van der Waals surface area contributed by atoms with Crippen molar-refractivity contribution < 1.29 is 9.84 Å². The van der Waals surface area contributed by atoms with Gasteiger partial charge in [0, 0.05) is 13.2 Å². The molecular weight excluding hydrogens is 258 g/mol. The van der Waals surface area contributed by atoms with Gasteiger partial charge in [0.25, 0.3) is 0 Å². The second-order valence-electron chi connectivity index (χ2n) is 4.57. The first kappa shape index (κ1) is 14.5. The first-order valence-corrected chi connectivity index (χ1v) is 6.98. The van der Waals surface area contributed by atoms with Crippen molar-refractivity contribution >= 4 is 17.1 Å². The van der Waals surface area contributed by atoms with Crippen LogP contribution < -0.4 is 10.5 Å². The molecule has 0 fully saturated rings. The average Bonchev–Trinajstić information content (AvgIpc) is 2.82. The van der Waals surface area contributed by atoms with Crippen LogP contribution in [-0.2, 0) is 6.54 Å². The van der Waals surface area contributed by atoms with Gasteiger partial charge < -0.3 is 20.1 Å². The molecule has 0 aromatic carbocycles. The lowest BCUT2D eigenvalue weighted by Gasteiger charge is -2.06. The summed E-state index contributed by atoms with van der Waals surface area (Å²) in [4.78, 5) is 12.6. The highest BCUT2D eigenvalue weighted by atomic mass is 16.5. The van der Waals surface area contributed by atoms with Crippen LogP contribution in [0.2, 0.25) is 0 Å². The lowest BCUT2D eigenvalue weighted by molar-refractivity contribution is 0.282. The van der Waals surface area contributed by atoms with Crippen LogP contribution in [0.1, 0.15) is 32.6 Å². The van der Waals surface area contributed by atoms with Crippen molar-refractivity contribution in [2.24, 2.45) is 0 Å². The van der Waals surface area contributed by atoms with Crippen LogP contribution in [-0.4, -0.2) is 37.8 Å². The molecule has 7 heteroatoms. The number of aryl methyl sites for hydroxylation is 1. The number of nitrogens with zero attached hydrogens (tertiary/aromatic N) is 4. The molecule has 3 N–H and O–H groups in total. The number of hydrogen-bond acceptors (Lipinski definition) is 6. The zero-order valence-corrected chi connectivity index (χ0v) is 11.7. The van der Waals surface area contributed by atoms with Crippen LogP contribution in [0.25, 0.3) is 11.2 Å². The average molecular weight is 279 g/mol. The Balaban J connectivity index is 2.10. The first-order valence-electron chi connectivity index (χ1n) is 6.98. The van der Waals surface area contributed by atoms with E-state index in [1.54, 1.807) is 6.33 Å². The van der Waals surface area contributed by atoms with Crippen molar-refractivity contribution in [2.45, 2.75) is 39.2 Å². The minimum Gasteiger partial charge on any atom is -0.476 e. The Morgan fingerprint density at radius 1 is 1.25 bits per heavy atom. The van der Waals surface area contributed by atoms with Crippen molar-refractivity contribution in [2.75, 3.05) is 18.9 Å². The van der Waals surface area contributed by atoms with Crippen LogP contribution in [0.3, 0.4) is 0 Å². The van der Waals surface area contributed by atoms with E-state index in [2.05, 4.69) is 15.0 Å². The molecule has 110 valence electrons. The monoisotopic (exact) mass is 279 g/mol. The molecule has 0 aliphatic rings. The number of unbranched alkanes of at least 4 members (excludes halogenated alkanes) is 3. The highest BCUT2D eigenvalue weighted by molar-refractivity contribution is 5.77. The summed E-state index contributed by atoms with van der Waals surface area (Å²) in [5.41, 5.74) is 7.07. The van der Waals surface area contributed by atoms with Crippen LogP contribution in [0.15, 0.2) is 6.33 Å². The SMILES string of the molecule is CCOc1nc(N)nc2c1ncn2CCCCCCO. The normalized spacial score (nSPS) is 11.1. The molecule has 0 aliphatic heterocycles. The van der Waals surface area contributed by atoms with E-state index in [4.69, 9.17) is 15.6 Å². The molecule has 7 nitrogen and oxygen atoms in total. The van der Waals surface area contributed by atoms with Gasteiger partial charge >= 0.3 is 0 Å². The van der Waals surface area contributed by atoms with E-state index in [1.165, 1.54) is 0 Å². The van der Waals surface area contributed by atoms with Gasteiger partial charge in [0.2, 0.25) is 11.8 Å². The predicted octanol–water partition coefficient (Wildman–Crippen LogP) is 1.36. The molecule has 0 saturated carbocycles. The van der Waals surface area contributed by atoms with Crippen molar-refractivity contribution in [3.8, 4) is 5.88 Å². The fourth-order valence-corrected chi connectivity index (χ4v) is 2.08.